The SMILES string of the molecule is CNc1cccc(C(=O)O)c1Cl. The lowest BCUT2D eigenvalue weighted by Gasteiger charge is -2.04. The molecular formula is C8H8ClNO2. The molecule has 0 saturated carbocycles. The number of anilines is 1. The zero-order chi connectivity index (χ0) is 9.14. The molecule has 2 N–H and O–H groups in total. The van der Waals surface area contributed by atoms with E-state index in [-0.39, 0.29) is 10.6 Å². The number of benzene rings is 1. The van der Waals surface area contributed by atoms with Crippen molar-refractivity contribution in [2.45, 2.75) is 0 Å². The Kier molecular flexibility index (Phi) is 2.55. The molecular weight excluding hydrogens is 178 g/mol. The number of carbonyl (C=O) groups is 1. The second-order valence-electron chi connectivity index (χ2n) is 2.22. The lowest BCUT2D eigenvalue weighted by atomic mass is 10.2. The van der Waals surface area contributed by atoms with Crippen molar-refractivity contribution in [2.75, 3.05) is 12.4 Å². The molecule has 0 heterocycles. The Hall–Kier alpha value is -1.22. The number of rotatable bonds is 2. The van der Waals surface area contributed by atoms with Crippen LogP contribution in [0.2, 0.25) is 5.02 Å². The molecule has 0 saturated heterocycles. The molecule has 0 radical (unpaired) electrons. The number of carboxylic acid groups (broad SMARTS) is 1. The highest BCUT2D eigenvalue weighted by Gasteiger charge is 2.10. The molecule has 1 rings (SSSR count). The molecule has 12 heavy (non-hydrogen) atoms. The van der Waals surface area contributed by atoms with Gasteiger partial charge in [0.05, 0.1) is 16.3 Å². The van der Waals surface area contributed by atoms with Crippen molar-refractivity contribution in [3.63, 3.8) is 0 Å². The summed E-state index contributed by atoms with van der Waals surface area (Å²) in [6, 6.07) is 4.82. The summed E-state index contributed by atoms with van der Waals surface area (Å²) < 4.78 is 0. The predicted octanol–water partition coefficient (Wildman–Crippen LogP) is 2.08. The maximum Gasteiger partial charge on any atom is 0.337 e. The van der Waals surface area contributed by atoms with E-state index < -0.39 is 5.97 Å². The van der Waals surface area contributed by atoms with Gasteiger partial charge in [-0.05, 0) is 12.1 Å². The highest BCUT2D eigenvalue weighted by atomic mass is 35.5. The van der Waals surface area contributed by atoms with Gasteiger partial charge in [0.2, 0.25) is 0 Å². The number of carboxylic acids is 1. The summed E-state index contributed by atoms with van der Waals surface area (Å²) >= 11 is 5.76. The molecule has 3 nitrogen and oxygen atoms in total. The van der Waals surface area contributed by atoms with Crippen LogP contribution in [0, 0.1) is 0 Å². The lowest BCUT2D eigenvalue weighted by Crippen LogP contribution is -1.99. The molecule has 0 fully saturated rings. The lowest BCUT2D eigenvalue weighted by molar-refractivity contribution is 0.0697. The number of hydrogen-bond donors (Lipinski definition) is 2. The normalized spacial score (nSPS) is 9.50. The van der Waals surface area contributed by atoms with Crippen LogP contribution in [0.15, 0.2) is 18.2 Å². The van der Waals surface area contributed by atoms with Gasteiger partial charge in [0.25, 0.3) is 0 Å². The van der Waals surface area contributed by atoms with E-state index in [1.165, 1.54) is 6.07 Å². The molecule has 0 aliphatic carbocycles. The first-order chi connectivity index (χ1) is 5.66. The number of halogens is 1. The minimum absolute atomic E-state index is 0.114. The topological polar surface area (TPSA) is 49.3 Å². The van der Waals surface area contributed by atoms with Gasteiger partial charge in [-0.25, -0.2) is 4.79 Å². The molecule has 0 aromatic heterocycles. The van der Waals surface area contributed by atoms with Crippen LogP contribution in [0.5, 0.6) is 0 Å². The first kappa shape index (κ1) is 8.87. The van der Waals surface area contributed by atoms with Gasteiger partial charge in [-0.2, -0.15) is 0 Å². The van der Waals surface area contributed by atoms with Crippen molar-refractivity contribution < 1.29 is 9.90 Å². The van der Waals surface area contributed by atoms with Gasteiger partial charge < -0.3 is 10.4 Å². The van der Waals surface area contributed by atoms with Gasteiger partial charge in [-0.3, -0.25) is 0 Å². The van der Waals surface area contributed by atoms with Gasteiger partial charge in [-0.15, -0.1) is 0 Å². The summed E-state index contributed by atoms with van der Waals surface area (Å²) in [4.78, 5) is 10.6. The van der Waals surface area contributed by atoms with Crippen LogP contribution in [-0.4, -0.2) is 18.1 Å². The Bertz CT molecular complexity index is 312. The molecule has 64 valence electrons. The first-order valence-corrected chi connectivity index (χ1v) is 3.74. The third kappa shape index (κ3) is 1.51. The van der Waals surface area contributed by atoms with Crippen LogP contribution < -0.4 is 5.32 Å². The van der Waals surface area contributed by atoms with Gasteiger partial charge >= 0.3 is 5.97 Å². The van der Waals surface area contributed by atoms with Crippen LogP contribution in [0.4, 0.5) is 5.69 Å². The Balaban J connectivity index is 3.23. The molecule has 1 aromatic rings. The second kappa shape index (κ2) is 3.45. The molecule has 0 amide bonds. The molecule has 0 bridgehead atoms. The van der Waals surface area contributed by atoms with Gasteiger partial charge in [-0.1, -0.05) is 17.7 Å². The molecule has 0 unspecified atom stereocenters. The third-order valence-corrected chi connectivity index (χ3v) is 1.91. The zero-order valence-electron chi connectivity index (χ0n) is 6.47. The average Bonchev–Trinajstić information content (AvgIpc) is 2.04. The summed E-state index contributed by atoms with van der Waals surface area (Å²) in [5, 5.41) is 11.7. The van der Waals surface area contributed by atoms with E-state index in [1.54, 1.807) is 19.2 Å². The summed E-state index contributed by atoms with van der Waals surface area (Å²) in [5.74, 6) is -1.02. The highest BCUT2D eigenvalue weighted by molar-refractivity contribution is 6.36. The highest BCUT2D eigenvalue weighted by Crippen LogP contribution is 2.24. The molecule has 4 heteroatoms. The number of nitrogens with one attached hydrogen (secondary N) is 1. The van der Waals surface area contributed by atoms with E-state index in [1.807, 2.05) is 0 Å². The fourth-order valence-corrected chi connectivity index (χ4v) is 1.19. The van der Waals surface area contributed by atoms with Gasteiger partial charge in [0, 0.05) is 7.05 Å². The first-order valence-electron chi connectivity index (χ1n) is 3.36. The van der Waals surface area contributed by atoms with Crippen molar-refractivity contribution in [3.05, 3.63) is 28.8 Å². The average molecular weight is 186 g/mol. The van der Waals surface area contributed by atoms with Crippen LogP contribution in [0.1, 0.15) is 10.4 Å². The Morgan fingerprint density at radius 3 is 2.75 bits per heavy atom. The minimum Gasteiger partial charge on any atom is -0.478 e. The molecule has 1 aromatic carbocycles. The fourth-order valence-electron chi connectivity index (χ4n) is 0.890. The number of aromatic carboxylic acids is 1. The van der Waals surface area contributed by atoms with Crippen LogP contribution >= 0.6 is 11.6 Å². The monoisotopic (exact) mass is 185 g/mol. The third-order valence-electron chi connectivity index (χ3n) is 1.50. The maximum absolute atomic E-state index is 10.6. The maximum atomic E-state index is 10.6. The molecule has 0 aliphatic rings. The fraction of sp³-hybridized carbons (Fsp3) is 0.125. The van der Waals surface area contributed by atoms with Crippen molar-refractivity contribution in [3.8, 4) is 0 Å². The van der Waals surface area contributed by atoms with Crippen molar-refractivity contribution >= 4 is 23.3 Å². The van der Waals surface area contributed by atoms with Crippen LogP contribution in [-0.2, 0) is 0 Å². The minimum atomic E-state index is -1.02. The van der Waals surface area contributed by atoms with E-state index in [0.29, 0.717) is 5.69 Å². The van der Waals surface area contributed by atoms with Gasteiger partial charge in [0.1, 0.15) is 0 Å². The quantitative estimate of drug-likeness (QED) is 0.742. The van der Waals surface area contributed by atoms with Crippen molar-refractivity contribution in [2.24, 2.45) is 0 Å². The smallest absolute Gasteiger partial charge is 0.337 e. The van der Waals surface area contributed by atoms with Crippen LogP contribution in [0.25, 0.3) is 0 Å². The number of hydrogen-bond acceptors (Lipinski definition) is 2. The Morgan fingerprint density at radius 1 is 1.58 bits per heavy atom. The van der Waals surface area contributed by atoms with E-state index >= 15 is 0 Å². The summed E-state index contributed by atoms with van der Waals surface area (Å²) in [5.41, 5.74) is 0.736. The van der Waals surface area contributed by atoms with E-state index in [2.05, 4.69) is 5.32 Å². The Morgan fingerprint density at radius 2 is 2.25 bits per heavy atom. The summed E-state index contributed by atoms with van der Waals surface area (Å²) in [7, 11) is 1.69. The van der Waals surface area contributed by atoms with Crippen molar-refractivity contribution in [1.82, 2.24) is 0 Å². The summed E-state index contributed by atoms with van der Waals surface area (Å²) in [6.07, 6.45) is 0. The standard InChI is InChI=1S/C8H8ClNO2/c1-10-6-4-2-3-5(7(6)9)8(11)12/h2-4,10H,1H3,(H,11,12). The van der Waals surface area contributed by atoms with Crippen LogP contribution in [0.3, 0.4) is 0 Å². The van der Waals surface area contributed by atoms with E-state index in [9.17, 15) is 4.79 Å². The molecule has 0 spiro atoms. The van der Waals surface area contributed by atoms with Gasteiger partial charge in [0.15, 0.2) is 0 Å². The predicted molar refractivity (Wildman–Crippen MR) is 48.0 cm³/mol. The molecule has 0 aliphatic heterocycles. The van der Waals surface area contributed by atoms with Crippen molar-refractivity contribution in [1.29, 1.82) is 0 Å². The largest absolute Gasteiger partial charge is 0.478 e. The zero-order valence-corrected chi connectivity index (χ0v) is 7.22. The second-order valence-corrected chi connectivity index (χ2v) is 2.60. The van der Waals surface area contributed by atoms with E-state index in [0.717, 1.165) is 0 Å². The van der Waals surface area contributed by atoms with E-state index in [4.69, 9.17) is 16.7 Å². The Labute approximate surface area is 75.0 Å². The molecule has 0 atom stereocenters. The summed E-state index contributed by atoms with van der Waals surface area (Å²) in [6.45, 7) is 0.